The zero-order valence-corrected chi connectivity index (χ0v) is 18.3. The van der Waals surface area contributed by atoms with Crippen molar-refractivity contribution in [3.8, 4) is 11.5 Å². The monoisotopic (exact) mass is 442 g/mol. The fraction of sp³-hybridized carbons (Fsp3) is 0.417. The zero-order valence-electron chi connectivity index (χ0n) is 18.3. The van der Waals surface area contributed by atoms with Crippen LogP contribution in [0.2, 0.25) is 0 Å². The van der Waals surface area contributed by atoms with E-state index in [1.54, 1.807) is 48.5 Å². The molecule has 2 amide bonds. The zero-order chi connectivity index (χ0) is 23.3. The minimum atomic E-state index is -0.625. The first-order valence-corrected chi connectivity index (χ1v) is 11.0. The van der Waals surface area contributed by atoms with Gasteiger partial charge in [-0.3, -0.25) is 9.59 Å². The Labute approximate surface area is 189 Å². The Morgan fingerprint density at radius 2 is 1.00 bits per heavy atom. The molecule has 0 saturated carbocycles. The van der Waals surface area contributed by atoms with Crippen LogP contribution in [-0.2, 0) is 22.4 Å². The van der Waals surface area contributed by atoms with Gasteiger partial charge in [-0.15, -0.1) is 0 Å². The molecular weight excluding hydrogens is 408 g/mol. The van der Waals surface area contributed by atoms with E-state index in [0.717, 1.165) is 36.8 Å². The summed E-state index contributed by atoms with van der Waals surface area (Å²) < 4.78 is 0. The van der Waals surface area contributed by atoms with E-state index in [0.29, 0.717) is 25.9 Å². The van der Waals surface area contributed by atoms with Crippen molar-refractivity contribution in [3.63, 3.8) is 0 Å². The molecule has 0 spiro atoms. The maximum Gasteiger partial charge on any atom is 0.237 e. The third-order valence-corrected chi connectivity index (χ3v) is 5.16. The van der Waals surface area contributed by atoms with E-state index in [1.807, 2.05) is 0 Å². The number of carbonyl (C=O) groups excluding carboxylic acids is 2. The highest BCUT2D eigenvalue weighted by molar-refractivity contribution is 5.82. The number of aromatic hydroxyl groups is 2. The van der Waals surface area contributed by atoms with Crippen molar-refractivity contribution in [3.05, 3.63) is 59.7 Å². The number of amides is 2. The Morgan fingerprint density at radius 3 is 1.34 bits per heavy atom. The summed E-state index contributed by atoms with van der Waals surface area (Å²) in [6, 6.07) is 12.1. The number of phenols is 2. The fourth-order valence-electron chi connectivity index (χ4n) is 3.25. The summed E-state index contributed by atoms with van der Waals surface area (Å²) in [4.78, 5) is 24.2. The summed E-state index contributed by atoms with van der Waals surface area (Å²) >= 11 is 0. The summed E-state index contributed by atoms with van der Waals surface area (Å²) in [6.45, 7) is 1.12. The van der Waals surface area contributed by atoms with Crippen molar-refractivity contribution >= 4 is 11.8 Å². The second-order valence-corrected chi connectivity index (χ2v) is 7.95. The highest BCUT2D eigenvalue weighted by Gasteiger charge is 2.14. The molecule has 0 unspecified atom stereocenters. The summed E-state index contributed by atoms with van der Waals surface area (Å²) in [5, 5.41) is 24.3. The molecule has 0 aliphatic carbocycles. The number of unbranched alkanes of at least 4 members (excludes halogenated alkanes) is 3. The summed E-state index contributed by atoms with van der Waals surface area (Å²) in [5.74, 6) is -0.00700. The lowest BCUT2D eigenvalue weighted by Gasteiger charge is -2.13. The van der Waals surface area contributed by atoms with Gasteiger partial charge in [-0.25, -0.2) is 0 Å². The molecule has 8 N–H and O–H groups in total. The van der Waals surface area contributed by atoms with Crippen LogP contribution in [-0.4, -0.2) is 47.2 Å². The van der Waals surface area contributed by atoms with Crippen LogP contribution in [0.15, 0.2) is 48.5 Å². The van der Waals surface area contributed by atoms with Gasteiger partial charge in [0.2, 0.25) is 11.8 Å². The maximum absolute atomic E-state index is 12.1. The van der Waals surface area contributed by atoms with Crippen molar-refractivity contribution in [1.29, 1.82) is 0 Å². The van der Waals surface area contributed by atoms with Crippen LogP contribution < -0.4 is 22.1 Å². The maximum atomic E-state index is 12.1. The van der Waals surface area contributed by atoms with E-state index in [1.165, 1.54) is 0 Å². The van der Waals surface area contributed by atoms with Crippen LogP contribution >= 0.6 is 0 Å². The molecule has 0 fully saturated rings. The van der Waals surface area contributed by atoms with Crippen molar-refractivity contribution in [2.24, 2.45) is 11.5 Å². The lowest BCUT2D eigenvalue weighted by molar-refractivity contribution is -0.123. The van der Waals surface area contributed by atoms with Crippen molar-refractivity contribution in [2.45, 2.75) is 50.6 Å². The third-order valence-electron chi connectivity index (χ3n) is 5.16. The molecule has 0 aliphatic heterocycles. The van der Waals surface area contributed by atoms with Crippen LogP contribution in [0.5, 0.6) is 11.5 Å². The van der Waals surface area contributed by atoms with Crippen LogP contribution in [0.3, 0.4) is 0 Å². The van der Waals surface area contributed by atoms with E-state index in [9.17, 15) is 19.8 Å². The number of phenolic OH excluding ortho intramolecular Hbond substituents is 2. The van der Waals surface area contributed by atoms with E-state index in [2.05, 4.69) is 10.6 Å². The van der Waals surface area contributed by atoms with Crippen molar-refractivity contribution in [2.75, 3.05) is 13.1 Å². The molecule has 0 aliphatic rings. The predicted molar refractivity (Wildman–Crippen MR) is 124 cm³/mol. The first-order chi connectivity index (χ1) is 15.3. The van der Waals surface area contributed by atoms with Gasteiger partial charge in [0, 0.05) is 13.1 Å². The first kappa shape index (κ1) is 25.2. The van der Waals surface area contributed by atoms with Crippen LogP contribution in [0.25, 0.3) is 0 Å². The molecule has 8 heteroatoms. The molecule has 2 aromatic rings. The Morgan fingerprint density at radius 1 is 0.656 bits per heavy atom. The van der Waals surface area contributed by atoms with E-state index < -0.39 is 12.1 Å². The smallest absolute Gasteiger partial charge is 0.237 e. The largest absolute Gasteiger partial charge is 0.508 e. The summed E-state index contributed by atoms with van der Waals surface area (Å²) in [6.07, 6.45) is 4.38. The van der Waals surface area contributed by atoms with Crippen molar-refractivity contribution < 1.29 is 19.8 Å². The number of benzene rings is 2. The SMILES string of the molecule is N[C@@H](Cc1ccc(O)cc1)C(=O)NCCCCCCNC(=O)[C@@H](N)Cc1ccc(O)cc1. The van der Waals surface area contributed by atoms with Gasteiger partial charge in [-0.05, 0) is 61.1 Å². The molecule has 0 aromatic heterocycles. The Kier molecular flexibility index (Phi) is 10.5. The van der Waals surface area contributed by atoms with Crippen LogP contribution in [0.1, 0.15) is 36.8 Å². The van der Waals surface area contributed by atoms with Gasteiger partial charge in [-0.1, -0.05) is 37.1 Å². The van der Waals surface area contributed by atoms with Crippen LogP contribution in [0.4, 0.5) is 0 Å². The third kappa shape index (κ3) is 9.36. The molecule has 174 valence electrons. The quantitative estimate of drug-likeness (QED) is 0.258. The van der Waals surface area contributed by atoms with Crippen LogP contribution in [0, 0.1) is 0 Å². The lowest BCUT2D eigenvalue weighted by atomic mass is 10.1. The van der Waals surface area contributed by atoms with E-state index >= 15 is 0 Å². The average molecular weight is 443 g/mol. The molecule has 0 saturated heterocycles. The first-order valence-electron chi connectivity index (χ1n) is 11.0. The van der Waals surface area contributed by atoms with Gasteiger partial charge in [-0.2, -0.15) is 0 Å². The topological polar surface area (TPSA) is 151 Å². The molecule has 8 nitrogen and oxygen atoms in total. The molecule has 0 bridgehead atoms. The van der Waals surface area contributed by atoms with Gasteiger partial charge in [0.1, 0.15) is 11.5 Å². The molecular formula is C24H34N4O4. The normalized spacial score (nSPS) is 12.7. The predicted octanol–water partition coefficient (Wildman–Crippen LogP) is 1.33. The Hall–Kier alpha value is -3.10. The van der Waals surface area contributed by atoms with Gasteiger partial charge < -0.3 is 32.3 Å². The molecule has 2 rings (SSSR count). The standard InChI is InChI=1S/C24H34N4O4/c25-21(15-17-5-9-19(29)10-6-17)23(31)27-13-3-1-2-4-14-28-24(32)22(26)16-18-7-11-20(30)12-8-18/h5-12,21-22,29-30H,1-4,13-16,25-26H2,(H,27,31)(H,28,32)/t21-,22-/m0/s1. The highest BCUT2D eigenvalue weighted by atomic mass is 16.3. The average Bonchev–Trinajstić information content (AvgIpc) is 2.78. The summed E-state index contributed by atoms with van der Waals surface area (Å²) in [7, 11) is 0. The number of hydrogen-bond acceptors (Lipinski definition) is 6. The minimum Gasteiger partial charge on any atom is -0.508 e. The number of hydrogen-bond donors (Lipinski definition) is 6. The molecule has 0 radical (unpaired) electrons. The lowest BCUT2D eigenvalue weighted by Crippen LogP contribution is -2.42. The van der Waals surface area contributed by atoms with E-state index in [4.69, 9.17) is 11.5 Å². The second kappa shape index (κ2) is 13.3. The Bertz CT molecular complexity index is 769. The van der Waals surface area contributed by atoms with Gasteiger partial charge in [0.05, 0.1) is 12.1 Å². The molecule has 0 heterocycles. The van der Waals surface area contributed by atoms with Gasteiger partial charge >= 0.3 is 0 Å². The van der Waals surface area contributed by atoms with Gasteiger partial charge in [0.15, 0.2) is 0 Å². The number of nitrogens with two attached hydrogens (primary N) is 2. The minimum absolute atomic E-state index is 0.184. The Balaban J connectivity index is 1.49. The number of nitrogens with one attached hydrogen (secondary N) is 2. The van der Waals surface area contributed by atoms with Crippen molar-refractivity contribution in [1.82, 2.24) is 10.6 Å². The molecule has 2 aromatic carbocycles. The number of rotatable bonds is 13. The number of carbonyl (C=O) groups is 2. The highest BCUT2D eigenvalue weighted by Crippen LogP contribution is 2.12. The van der Waals surface area contributed by atoms with E-state index in [-0.39, 0.29) is 23.3 Å². The second-order valence-electron chi connectivity index (χ2n) is 7.95. The molecule has 2 atom stereocenters. The fourth-order valence-corrected chi connectivity index (χ4v) is 3.25. The molecule has 32 heavy (non-hydrogen) atoms. The van der Waals surface area contributed by atoms with Gasteiger partial charge in [0.25, 0.3) is 0 Å². The summed E-state index contributed by atoms with van der Waals surface area (Å²) in [5.41, 5.74) is 13.7.